The van der Waals surface area contributed by atoms with Gasteiger partial charge in [-0.05, 0) is 34.5 Å². The molecule has 0 fully saturated rings. The van der Waals surface area contributed by atoms with Crippen LogP contribution in [0, 0.1) is 0 Å². The number of para-hydroxylation sites is 1. The first-order valence-electron chi connectivity index (χ1n) is 6.51. The van der Waals surface area contributed by atoms with Gasteiger partial charge in [-0.2, -0.15) is 5.10 Å². The SMILES string of the molecule is CCc1nc(-c2cnn(-c3ccccc3)c2)nc(Cl)c1Br. The van der Waals surface area contributed by atoms with Gasteiger partial charge in [0, 0.05) is 6.20 Å². The first-order valence-corrected chi connectivity index (χ1v) is 7.68. The van der Waals surface area contributed by atoms with Gasteiger partial charge < -0.3 is 0 Å². The summed E-state index contributed by atoms with van der Waals surface area (Å²) in [4.78, 5) is 8.85. The third kappa shape index (κ3) is 2.84. The van der Waals surface area contributed by atoms with Gasteiger partial charge >= 0.3 is 0 Å². The van der Waals surface area contributed by atoms with E-state index in [9.17, 15) is 0 Å². The Morgan fingerprint density at radius 3 is 2.67 bits per heavy atom. The van der Waals surface area contributed by atoms with Gasteiger partial charge in [0.05, 0.1) is 27.6 Å². The Kier molecular flexibility index (Phi) is 4.03. The minimum atomic E-state index is 0.421. The van der Waals surface area contributed by atoms with Crippen molar-refractivity contribution in [2.45, 2.75) is 13.3 Å². The highest BCUT2D eigenvalue weighted by Crippen LogP contribution is 2.27. The minimum Gasteiger partial charge on any atom is -0.240 e. The molecule has 2 heterocycles. The summed E-state index contributed by atoms with van der Waals surface area (Å²) in [6.45, 7) is 2.03. The van der Waals surface area contributed by atoms with E-state index < -0.39 is 0 Å². The van der Waals surface area contributed by atoms with E-state index in [1.54, 1.807) is 10.9 Å². The van der Waals surface area contributed by atoms with Gasteiger partial charge in [0.15, 0.2) is 5.82 Å². The van der Waals surface area contributed by atoms with Crippen molar-refractivity contribution in [1.82, 2.24) is 19.7 Å². The first kappa shape index (κ1) is 14.2. The lowest BCUT2D eigenvalue weighted by atomic mass is 10.3. The highest BCUT2D eigenvalue weighted by molar-refractivity contribution is 9.10. The smallest absolute Gasteiger partial charge is 0.164 e. The molecule has 0 bridgehead atoms. The second-order valence-corrected chi connectivity index (χ2v) is 5.61. The lowest BCUT2D eigenvalue weighted by molar-refractivity contribution is 0.880. The van der Waals surface area contributed by atoms with Crippen molar-refractivity contribution in [3.05, 3.63) is 58.0 Å². The van der Waals surface area contributed by atoms with Gasteiger partial charge in [-0.15, -0.1) is 0 Å². The number of hydrogen-bond acceptors (Lipinski definition) is 3. The van der Waals surface area contributed by atoms with E-state index >= 15 is 0 Å². The molecule has 21 heavy (non-hydrogen) atoms. The average molecular weight is 364 g/mol. The maximum absolute atomic E-state index is 6.15. The topological polar surface area (TPSA) is 43.6 Å². The zero-order chi connectivity index (χ0) is 14.8. The van der Waals surface area contributed by atoms with Gasteiger partial charge in [-0.3, -0.25) is 0 Å². The number of nitrogens with zero attached hydrogens (tertiary/aromatic N) is 4. The standard InChI is InChI=1S/C15H12BrClN4/c1-2-12-13(16)14(17)20-15(19-12)10-8-18-21(9-10)11-6-4-3-5-7-11/h3-9H,2H2,1H3. The Labute approximate surface area is 135 Å². The van der Waals surface area contributed by atoms with Crippen molar-refractivity contribution in [3.8, 4) is 17.1 Å². The van der Waals surface area contributed by atoms with E-state index in [1.165, 1.54) is 0 Å². The van der Waals surface area contributed by atoms with Gasteiger partial charge in [-0.25, -0.2) is 14.6 Å². The second-order valence-electron chi connectivity index (χ2n) is 4.46. The third-order valence-electron chi connectivity index (χ3n) is 3.08. The summed E-state index contributed by atoms with van der Waals surface area (Å²) in [5, 5.41) is 4.77. The van der Waals surface area contributed by atoms with E-state index in [-0.39, 0.29) is 0 Å². The van der Waals surface area contributed by atoms with Crippen LogP contribution >= 0.6 is 27.5 Å². The molecule has 1 aromatic carbocycles. The van der Waals surface area contributed by atoms with Crippen LogP contribution in [-0.4, -0.2) is 19.7 Å². The van der Waals surface area contributed by atoms with Crippen LogP contribution in [0.2, 0.25) is 5.15 Å². The van der Waals surface area contributed by atoms with Crippen LogP contribution in [0.4, 0.5) is 0 Å². The molecule has 3 rings (SSSR count). The Hall–Kier alpha value is -1.72. The van der Waals surface area contributed by atoms with Crippen LogP contribution in [0.3, 0.4) is 0 Å². The number of halogens is 2. The van der Waals surface area contributed by atoms with Crippen LogP contribution in [0.1, 0.15) is 12.6 Å². The molecule has 0 amide bonds. The van der Waals surface area contributed by atoms with Crippen LogP contribution in [-0.2, 0) is 6.42 Å². The maximum atomic E-state index is 6.15. The Morgan fingerprint density at radius 1 is 1.19 bits per heavy atom. The Bertz CT molecular complexity index is 771. The Balaban J connectivity index is 2.03. The van der Waals surface area contributed by atoms with E-state index in [0.29, 0.717) is 11.0 Å². The van der Waals surface area contributed by atoms with Crippen LogP contribution in [0.5, 0.6) is 0 Å². The quantitative estimate of drug-likeness (QED) is 0.651. The Morgan fingerprint density at radius 2 is 1.95 bits per heavy atom. The maximum Gasteiger partial charge on any atom is 0.164 e. The van der Waals surface area contributed by atoms with Gasteiger partial charge in [0.25, 0.3) is 0 Å². The molecule has 106 valence electrons. The molecule has 0 N–H and O–H groups in total. The fourth-order valence-corrected chi connectivity index (χ4v) is 2.63. The van der Waals surface area contributed by atoms with Crippen LogP contribution in [0.15, 0.2) is 47.2 Å². The van der Waals surface area contributed by atoms with E-state index in [4.69, 9.17) is 11.6 Å². The molecule has 0 atom stereocenters. The molecule has 0 radical (unpaired) electrons. The molecule has 4 nitrogen and oxygen atoms in total. The van der Waals surface area contributed by atoms with Crippen molar-refractivity contribution in [1.29, 1.82) is 0 Å². The van der Waals surface area contributed by atoms with E-state index in [2.05, 4.69) is 31.0 Å². The summed E-state index contributed by atoms with van der Waals surface area (Å²) in [5.74, 6) is 0.585. The average Bonchev–Trinajstić information content (AvgIpc) is 3.00. The third-order valence-corrected chi connectivity index (χ3v) is 4.41. The highest BCUT2D eigenvalue weighted by atomic mass is 79.9. The predicted octanol–water partition coefficient (Wildman–Crippen LogP) is 4.31. The number of hydrogen-bond donors (Lipinski definition) is 0. The zero-order valence-electron chi connectivity index (χ0n) is 11.3. The van der Waals surface area contributed by atoms with Crippen LogP contribution < -0.4 is 0 Å². The number of aryl methyl sites for hydroxylation is 1. The molecule has 0 spiro atoms. The molecule has 0 unspecified atom stereocenters. The molecular formula is C15H12BrClN4. The molecule has 3 aromatic rings. The summed E-state index contributed by atoms with van der Waals surface area (Å²) < 4.78 is 2.55. The van der Waals surface area contributed by atoms with E-state index in [0.717, 1.165) is 27.8 Å². The van der Waals surface area contributed by atoms with Gasteiger partial charge in [-0.1, -0.05) is 36.7 Å². The molecule has 0 aliphatic heterocycles. The fourth-order valence-electron chi connectivity index (χ4n) is 1.99. The predicted molar refractivity (Wildman–Crippen MR) is 86.7 cm³/mol. The highest BCUT2D eigenvalue weighted by Gasteiger charge is 2.12. The first-order chi connectivity index (χ1) is 10.2. The molecule has 0 saturated carbocycles. The molecule has 2 aromatic heterocycles. The van der Waals surface area contributed by atoms with Crippen molar-refractivity contribution in [3.63, 3.8) is 0 Å². The van der Waals surface area contributed by atoms with Crippen molar-refractivity contribution in [2.75, 3.05) is 0 Å². The summed E-state index contributed by atoms with van der Waals surface area (Å²) >= 11 is 9.56. The minimum absolute atomic E-state index is 0.421. The van der Waals surface area contributed by atoms with Crippen molar-refractivity contribution >= 4 is 27.5 Å². The fraction of sp³-hybridized carbons (Fsp3) is 0.133. The molecule has 0 aliphatic rings. The molecular weight excluding hydrogens is 352 g/mol. The van der Waals surface area contributed by atoms with E-state index in [1.807, 2.05) is 43.5 Å². The normalized spacial score (nSPS) is 10.8. The lowest BCUT2D eigenvalue weighted by Crippen LogP contribution is -1.97. The van der Waals surface area contributed by atoms with Gasteiger partial charge in [0.2, 0.25) is 0 Å². The number of aromatic nitrogens is 4. The molecule has 6 heteroatoms. The summed E-state index contributed by atoms with van der Waals surface area (Å²) in [7, 11) is 0. The monoisotopic (exact) mass is 362 g/mol. The van der Waals surface area contributed by atoms with Crippen LogP contribution in [0.25, 0.3) is 17.1 Å². The van der Waals surface area contributed by atoms with Gasteiger partial charge in [0.1, 0.15) is 5.15 Å². The largest absolute Gasteiger partial charge is 0.240 e. The lowest BCUT2D eigenvalue weighted by Gasteiger charge is -2.05. The number of rotatable bonds is 3. The second kappa shape index (κ2) is 5.95. The number of benzene rings is 1. The van der Waals surface area contributed by atoms with Crippen molar-refractivity contribution in [2.24, 2.45) is 0 Å². The molecule has 0 saturated heterocycles. The molecule has 0 aliphatic carbocycles. The zero-order valence-corrected chi connectivity index (χ0v) is 13.6. The summed E-state index contributed by atoms with van der Waals surface area (Å²) in [5.41, 5.74) is 2.71. The summed E-state index contributed by atoms with van der Waals surface area (Å²) in [6, 6.07) is 9.89. The summed E-state index contributed by atoms with van der Waals surface area (Å²) in [6.07, 6.45) is 4.42. The van der Waals surface area contributed by atoms with Crippen molar-refractivity contribution < 1.29 is 0 Å².